The van der Waals surface area contributed by atoms with Crippen molar-refractivity contribution in [2.24, 2.45) is 0 Å². The number of nitrogens with zero attached hydrogens (tertiary/aromatic N) is 1. The molecule has 2 aromatic rings. The predicted molar refractivity (Wildman–Crippen MR) is 87.1 cm³/mol. The van der Waals surface area contributed by atoms with Crippen LogP contribution in [0, 0.1) is 5.82 Å². The van der Waals surface area contributed by atoms with Crippen molar-refractivity contribution in [3.05, 3.63) is 37.8 Å². The van der Waals surface area contributed by atoms with Crippen molar-refractivity contribution in [2.45, 2.75) is 38.8 Å². The average molecular weight is 420 g/mol. The fourth-order valence-corrected chi connectivity index (χ4v) is 3.42. The summed E-state index contributed by atoms with van der Waals surface area (Å²) in [7, 11) is 0. The first-order valence-corrected chi connectivity index (χ1v) is 8.34. The van der Waals surface area contributed by atoms with E-state index in [0.29, 0.717) is 12.8 Å². The molecule has 0 radical (unpaired) electrons. The van der Waals surface area contributed by atoms with Crippen LogP contribution in [0.25, 0.3) is 10.9 Å². The molecule has 1 saturated carbocycles. The second-order valence-electron chi connectivity index (χ2n) is 5.69. The Morgan fingerprint density at radius 3 is 2.60 bits per heavy atom. The van der Waals surface area contributed by atoms with Crippen molar-refractivity contribution in [3.63, 3.8) is 0 Å². The largest absolute Gasteiger partial charge is 0.477 e. The van der Waals surface area contributed by atoms with Crippen molar-refractivity contribution in [1.29, 1.82) is 0 Å². The van der Waals surface area contributed by atoms with E-state index in [-0.39, 0.29) is 33.5 Å². The van der Waals surface area contributed by atoms with Gasteiger partial charge in [-0.1, -0.05) is 6.92 Å². The molecule has 0 atom stereocenters. The topological polar surface area (TPSA) is 68.5 Å². The van der Waals surface area contributed by atoms with E-state index in [2.05, 4.69) is 20.7 Å². The first kappa shape index (κ1) is 17.8. The number of carbonyl (C=O) groups is 1. The molecule has 0 spiro atoms. The minimum atomic E-state index is -3.23. The van der Waals surface area contributed by atoms with Gasteiger partial charge in [-0.15, -0.1) is 0 Å². The normalized spacial score (nSPS) is 14.3. The Hall–Kier alpha value is -2.03. The lowest BCUT2D eigenvalue weighted by molar-refractivity contribution is -0.0497. The highest BCUT2D eigenvalue weighted by atomic mass is 79.9. The molecular formula is C16H13BrF3NO4. The molecule has 1 aromatic carbocycles. The summed E-state index contributed by atoms with van der Waals surface area (Å²) >= 11 is 2.89. The van der Waals surface area contributed by atoms with Crippen LogP contribution in [0.3, 0.4) is 0 Å². The summed E-state index contributed by atoms with van der Waals surface area (Å²) in [6, 6.07) is 0.707. The minimum absolute atomic E-state index is 0.0112. The molecule has 0 bridgehead atoms. The second-order valence-corrected chi connectivity index (χ2v) is 6.48. The quantitative estimate of drug-likeness (QED) is 0.791. The summed E-state index contributed by atoms with van der Waals surface area (Å²) in [5.74, 6) is -2.92. The molecule has 1 heterocycles. The molecule has 0 unspecified atom stereocenters. The number of aromatic carboxylic acids is 1. The molecule has 25 heavy (non-hydrogen) atoms. The third-order valence-corrected chi connectivity index (χ3v) is 4.85. The minimum Gasteiger partial charge on any atom is -0.477 e. The first-order valence-electron chi connectivity index (χ1n) is 7.55. The van der Waals surface area contributed by atoms with E-state index in [4.69, 9.17) is 0 Å². The zero-order chi connectivity index (χ0) is 18.5. The number of rotatable bonds is 5. The van der Waals surface area contributed by atoms with Gasteiger partial charge in [-0.05, 0) is 41.3 Å². The maximum absolute atomic E-state index is 14.1. The van der Waals surface area contributed by atoms with Crippen molar-refractivity contribution < 1.29 is 27.8 Å². The van der Waals surface area contributed by atoms with Crippen LogP contribution in [0.2, 0.25) is 0 Å². The standard InChI is InChI=1S/C16H13BrF3NO4/c1-2-9-10(15(23)24)13(22)7-5-8(18)11(17)14(25-16(19)20)12(7)21(9)6-3-4-6/h5-6,16H,2-4H2,1H3,(H,23,24). The Kier molecular flexibility index (Phi) is 4.52. The van der Waals surface area contributed by atoms with Crippen molar-refractivity contribution >= 4 is 32.8 Å². The number of carboxylic acids is 1. The molecule has 1 aromatic heterocycles. The third-order valence-electron chi connectivity index (χ3n) is 4.11. The van der Waals surface area contributed by atoms with E-state index in [0.717, 1.165) is 6.07 Å². The number of aromatic nitrogens is 1. The van der Waals surface area contributed by atoms with E-state index in [1.807, 2.05) is 0 Å². The van der Waals surface area contributed by atoms with Gasteiger partial charge in [0, 0.05) is 11.7 Å². The third kappa shape index (κ3) is 2.90. The number of fused-ring (bicyclic) bond motifs is 1. The van der Waals surface area contributed by atoms with E-state index in [9.17, 15) is 27.9 Å². The molecule has 3 rings (SSSR count). The average Bonchev–Trinajstić information content (AvgIpc) is 3.35. The summed E-state index contributed by atoms with van der Waals surface area (Å²) in [6.45, 7) is -1.56. The van der Waals surface area contributed by atoms with Gasteiger partial charge in [0.05, 0.1) is 15.4 Å². The molecule has 1 fully saturated rings. The number of hydrogen-bond acceptors (Lipinski definition) is 3. The lowest BCUT2D eigenvalue weighted by Gasteiger charge is -2.21. The number of carboxylic acid groups (broad SMARTS) is 1. The van der Waals surface area contributed by atoms with E-state index >= 15 is 0 Å². The van der Waals surface area contributed by atoms with Crippen molar-refractivity contribution in [1.82, 2.24) is 4.57 Å². The van der Waals surface area contributed by atoms with Gasteiger partial charge < -0.3 is 14.4 Å². The number of alkyl halides is 2. The zero-order valence-electron chi connectivity index (χ0n) is 13.0. The van der Waals surface area contributed by atoms with E-state index in [1.165, 1.54) is 4.57 Å². The molecule has 0 amide bonds. The van der Waals surface area contributed by atoms with Crippen molar-refractivity contribution in [3.8, 4) is 5.75 Å². The van der Waals surface area contributed by atoms with Crippen LogP contribution in [0.4, 0.5) is 13.2 Å². The Labute approximate surface area is 148 Å². The van der Waals surface area contributed by atoms with Gasteiger partial charge in [0.2, 0.25) is 5.43 Å². The number of benzene rings is 1. The van der Waals surface area contributed by atoms with Gasteiger partial charge >= 0.3 is 12.6 Å². The summed E-state index contributed by atoms with van der Waals surface area (Å²) < 4.78 is 45.5. The van der Waals surface area contributed by atoms with Crippen LogP contribution in [-0.2, 0) is 6.42 Å². The van der Waals surface area contributed by atoms with Crippen LogP contribution in [0.1, 0.15) is 41.9 Å². The van der Waals surface area contributed by atoms with Gasteiger partial charge in [0.25, 0.3) is 0 Å². The number of ether oxygens (including phenoxy) is 1. The lowest BCUT2D eigenvalue weighted by Crippen LogP contribution is -2.24. The Morgan fingerprint density at radius 1 is 1.48 bits per heavy atom. The van der Waals surface area contributed by atoms with E-state index < -0.39 is 35.1 Å². The Bertz CT molecular complexity index is 938. The molecule has 5 nitrogen and oxygen atoms in total. The van der Waals surface area contributed by atoms with Crippen LogP contribution >= 0.6 is 15.9 Å². The van der Waals surface area contributed by atoms with Crippen LogP contribution < -0.4 is 10.2 Å². The number of halogens is 4. The highest BCUT2D eigenvalue weighted by Gasteiger charge is 2.33. The molecule has 9 heteroatoms. The van der Waals surface area contributed by atoms with Crippen molar-refractivity contribution in [2.75, 3.05) is 0 Å². The Morgan fingerprint density at radius 2 is 2.12 bits per heavy atom. The highest BCUT2D eigenvalue weighted by molar-refractivity contribution is 9.10. The van der Waals surface area contributed by atoms with Crippen LogP contribution in [0.15, 0.2) is 15.3 Å². The van der Waals surface area contributed by atoms with Crippen LogP contribution in [-0.4, -0.2) is 22.3 Å². The van der Waals surface area contributed by atoms with Gasteiger partial charge in [-0.25, -0.2) is 9.18 Å². The maximum Gasteiger partial charge on any atom is 0.387 e. The molecule has 134 valence electrons. The van der Waals surface area contributed by atoms with Gasteiger partial charge in [0.15, 0.2) is 5.75 Å². The van der Waals surface area contributed by atoms with Crippen LogP contribution in [0.5, 0.6) is 5.75 Å². The zero-order valence-corrected chi connectivity index (χ0v) is 14.6. The van der Waals surface area contributed by atoms with Gasteiger partial charge in [0.1, 0.15) is 11.4 Å². The maximum atomic E-state index is 14.1. The monoisotopic (exact) mass is 419 g/mol. The smallest absolute Gasteiger partial charge is 0.387 e. The SMILES string of the molecule is CCc1c(C(=O)O)c(=O)c2cc(F)c(Br)c(OC(F)F)c2n1C1CC1. The predicted octanol–water partition coefficient (Wildman–Crippen LogP) is 4.10. The molecule has 0 saturated heterocycles. The number of hydrogen-bond donors (Lipinski definition) is 1. The Balaban J connectivity index is 2.56. The summed E-state index contributed by atoms with van der Waals surface area (Å²) in [6.07, 6.45) is 1.60. The fourth-order valence-electron chi connectivity index (χ4n) is 3.03. The summed E-state index contributed by atoms with van der Waals surface area (Å²) in [4.78, 5) is 24.2. The molecule has 1 aliphatic rings. The lowest BCUT2D eigenvalue weighted by atomic mass is 10.0. The summed E-state index contributed by atoms with van der Waals surface area (Å²) in [5, 5.41) is 9.14. The highest BCUT2D eigenvalue weighted by Crippen LogP contribution is 2.44. The fraction of sp³-hybridized carbons (Fsp3) is 0.375. The summed E-state index contributed by atoms with van der Waals surface area (Å²) in [5.41, 5.74) is -1.18. The molecular weight excluding hydrogens is 407 g/mol. The van der Waals surface area contributed by atoms with Gasteiger partial charge in [-0.3, -0.25) is 4.79 Å². The second kappa shape index (κ2) is 6.36. The molecule has 1 aliphatic carbocycles. The first-order chi connectivity index (χ1) is 11.8. The number of pyridine rings is 1. The molecule has 0 aliphatic heterocycles. The molecule has 1 N–H and O–H groups in total. The van der Waals surface area contributed by atoms with Gasteiger partial charge in [-0.2, -0.15) is 8.78 Å². The van der Waals surface area contributed by atoms with E-state index in [1.54, 1.807) is 6.92 Å².